The second-order valence-corrected chi connectivity index (χ2v) is 7.71. The maximum atomic E-state index is 11.2. The van der Waals surface area contributed by atoms with Crippen LogP contribution < -0.4 is 0 Å². The maximum Gasteiger partial charge on any atom is 0.318 e. The van der Waals surface area contributed by atoms with E-state index in [-0.39, 0.29) is 5.41 Å². The monoisotopic (exact) mass is 348 g/mol. The van der Waals surface area contributed by atoms with Crippen LogP contribution in [0.25, 0.3) is 0 Å². The van der Waals surface area contributed by atoms with Crippen molar-refractivity contribution in [2.24, 2.45) is 11.3 Å². The van der Waals surface area contributed by atoms with Crippen molar-refractivity contribution in [3.63, 3.8) is 0 Å². The molecule has 0 radical (unpaired) electrons. The van der Waals surface area contributed by atoms with Crippen LogP contribution in [0.15, 0.2) is 12.1 Å². The topological polar surface area (TPSA) is 113 Å². The number of benzene rings is 1. The van der Waals surface area contributed by atoms with Crippen LogP contribution in [0.2, 0.25) is 0 Å². The third kappa shape index (κ3) is 2.83. The van der Waals surface area contributed by atoms with Crippen LogP contribution in [0.4, 0.5) is 11.4 Å². The molecule has 2 unspecified atom stereocenters. The van der Waals surface area contributed by atoms with Crippen molar-refractivity contribution >= 4 is 11.4 Å². The zero-order valence-corrected chi connectivity index (χ0v) is 13.8. The minimum atomic E-state index is -0.867. The number of rotatable bonds is 4. The molecule has 4 bridgehead atoms. The van der Waals surface area contributed by atoms with Crippen molar-refractivity contribution in [3.05, 3.63) is 37.9 Å². The number of nitro groups is 2. The molecule has 5 rings (SSSR count). The van der Waals surface area contributed by atoms with Crippen LogP contribution >= 0.6 is 0 Å². The number of hydrogen-bond donors (Lipinski definition) is 1. The minimum absolute atomic E-state index is 0.0314. The lowest BCUT2D eigenvalue weighted by atomic mass is 9.69. The van der Waals surface area contributed by atoms with Crippen molar-refractivity contribution in [3.8, 4) is 5.75 Å². The first-order valence-corrected chi connectivity index (χ1v) is 8.45. The van der Waals surface area contributed by atoms with E-state index in [0.717, 1.165) is 45.7 Å². The first-order valence-electron chi connectivity index (χ1n) is 8.45. The third-order valence-electron chi connectivity index (χ3n) is 5.71. The van der Waals surface area contributed by atoms with Crippen molar-refractivity contribution < 1.29 is 15.0 Å². The summed E-state index contributed by atoms with van der Waals surface area (Å²) in [5.41, 5.74) is -0.656. The highest BCUT2D eigenvalue weighted by molar-refractivity contribution is 5.61. The molecule has 0 saturated carbocycles. The Labute approximate surface area is 144 Å². The van der Waals surface area contributed by atoms with E-state index < -0.39 is 27.0 Å². The molecule has 4 aliphatic heterocycles. The quantitative estimate of drug-likeness (QED) is 0.646. The Morgan fingerprint density at radius 2 is 1.60 bits per heavy atom. The van der Waals surface area contributed by atoms with E-state index in [9.17, 15) is 25.3 Å². The van der Waals surface area contributed by atoms with E-state index >= 15 is 0 Å². The number of piperidine rings is 2. The molecule has 2 atom stereocenters. The Morgan fingerprint density at radius 3 is 2.08 bits per heavy atom. The standard InChI is InChI=1S/C16H20N4O5/c21-15-13(19(22)23)3-11(4-14(15)20(24)25)5-16-6-12-7-17(9-16)1-2-18(8-12)10-16/h3-4,12,21H,1-2,5-10H2. The molecule has 0 amide bonds. The summed E-state index contributed by atoms with van der Waals surface area (Å²) >= 11 is 0. The summed E-state index contributed by atoms with van der Waals surface area (Å²) < 4.78 is 0. The second-order valence-electron chi connectivity index (χ2n) is 7.71. The molecule has 4 fully saturated rings. The molecular weight excluding hydrogens is 328 g/mol. The SMILES string of the molecule is O=[N+]([O-])c1cc(CC23CC4CN(CCN(C4)C2)C3)cc([N+](=O)[O-])c1O. The van der Waals surface area contributed by atoms with E-state index in [4.69, 9.17) is 0 Å². The lowest BCUT2D eigenvalue weighted by Crippen LogP contribution is -2.55. The Hall–Kier alpha value is -2.26. The van der Waals surface area contributed by atoms with Gasteiger partial charge in [-0.25, -0.2) is 0 Å². The van der Waals surface area contributed by atoms with E-state index in [1.807, 2.05) is 0 Å². The zero-order chi connectivity index (χ0) is 17.8. The average molecular weight is 348 g/mol. The number of nitrogens with zero attached hydrogens (tertiary/aromatic N) is 4. The van der Waals surface area contributed by atoms with Gasteiger partial charge in [-0.05, 0) is 24.3 Å². The van der Waals surface area contributed by atoms with Crippen LogP contribution in [-0.2, 0) is 6.42 Å². The Bertz CT molecular complexity index is 701. The van der Waals surface area contributed by atoms with Gasteiger partial charge in [0.25, 0.3) is 5.75 Å². The summed E-state index contributed by atoms with van der Waals surface area (Å²) in [6.07, 6.45) is 1.60. The molecule has 9 nitrogen and oxygen atoms in total. The number of fused-ring (bicyclic) bond motifs is 1. The molecule has 1 aromatic rings. The van der Waals surface area contributed by atoms with E-state index in [2.05, 4.69) is 9.80 Å². The summed E-state index contributed by atoms with van der Waals surface area (Å²) in [5, 5.41) is 32.2. The van der Waals surface area contributed by atoms with Crippen LogP contribution in [0.3, 0.4) is 0 Å². The number of nitro benzene ring substituents is 2. The van der Waals surface area contributed by atoms with Gasteiger partial charge in [-0.1, -0.05) is 0 Å². The molecule has 4 saturated heterocycles. The first-order chi connectivity index (χ1) is 11.8. The second kappa shape index (κ2) is 5.63. The fraction of sp³-hybridized carbons (Fsp3) is 0.625. The molecule has 9 heteroatoms. The van der Waals surface area contributed by atoms with Gasteiger partial charge in [0.15, 0.2) is 0 Å². The molecule has 4 heterocycles. The van der Waals surface area contributed by atoms with Gasteiger partial charge >= 0.3 is 11.4 Å². The van der Waals surface area contributed by atoms with Crippen LogP contribution in [0.5, 0.6) is 5.75 Å². The van der Waals surface area contributed by atoms with Crippen LogP contribution in [-0.4, -0.2) is 64.0 Å². The Kier molecular flexibility index (Phi) is 3.66. The highest BCUT2D eigenvalue weighted by Crippen LogP contribution is 2.44. The first kappa shape index (κ1) is 16.2. The summed E-state index contributed by atoms with van der Waals surface area (Å²) in [6, 6.07) is 2.59. The van der Waals surface area contributed by atoms with Crippen LogP contribution in [0, 0.1) is 31.6 Å². The largest absolute Gasteiger partial charge is 0.497 e. The Morgan fingerprint density at radius 1 is 1.08 bits per heavy atom. The van der Waals surface area contributed by atoms with Gasteiger partial charge in [0.05, 0.1) is 9.85 Å². The number of phenols is 1. The van der Waals surface area contributed by atoms with Gasteiger partial charge in [0.1, 0.15) is 0 Å². The van der Waals surface area contributed by atoms with Crippen LogP contribution in [0.1, 0.15) is 12.0 Å². The van der Waals surface area contributed by atoms with Gasteiger partial charge in [-0.3, -0.25) is 20.2 Å². The molecule has 134 valence electrons. The molecule has 0 aliphatic carbocycles. The normalized spacial score (nSPS) is 33.2. The van der Waals surface area contributed by atoms with E-state index in [1.165, 1.54) is 12.1 Å². The summed E-state index contributed by atoms with van der Waals surface area (Å²) in [4.78, 5) is 25.7. The third-order valence-corrected chi connectivity index (χ3v) is 5.71. The number of phenolic OH excluding ortho intramolecular Hbond substituents is 1. The van der Waals surface area contributed by atoms with E-state index in [1.54, 1.807) is 0 Å². The minimum Gasteiger partial charge on any atom is -0.497 e. The number of aromatic hydroxyl groups is 1. The van der Waals surface area contributed by atoms with Gasteiger partial charge in [0.2, 0.25) is 0 Å². The van der Waals surface area contributed by atoms with Crippen molar-refractivity contribution in [2.45, 2.75) is 12.8 Å². The van der Waals surface area contributed by atoms with Gasteiger partial charge in [-0.2, -0.15) is 0 Å². The summed E-state index contributed by atoms with van der Waals surface area (Å²) in [5.74, 6) is -0.277. The molecular formula is C16H20N4O5. The molecule has 1 N–H and O–H groups in total. The van der Waals surface area contributed by atoms with Crippen molar-refractivity contribution in [1.29, 1.82) is 0 Å². The summed E-state index contributed by atoms with van der Waals surface area (Å²) in [7, 11) is 0. The summed E-state index contributed by atoms with van der Waals surface area (Å²) in [6.45, 7) is 6.09. The van der Waals surface area contributed by atoms with Gasteiger partial charge < -0.3 is 14.9 Å². The molecule has 0 spiro atoms. The lowest BCUT2D eigenvalue weighted by Gasteiger charge is -2.50. The molecule has 1 aromatic carbocycles. The smallest absolute Gasteiger partial charge is 0.318 e. The number of hydrogen-bond acceptors (Lipinski definition) is 7. The highest BCUT2D eigenvalue weighted by atomic mass is 16.6. The average Bonchev–Trinajstić information content (AvgIpc) is 2.73. The Balaban J connectivity index is 1.71. The predicted molar refractivity (Wildman–Crippen MR) is 88.5 cm³/mol. The lowest BCUT2D eigenvalue weighted by molar-refractivity contribution is -0.396. The van der Waals surface area contributed by atoms with Crippen molar-refractivity contribution in [1.82, 2.24) is 9.80 Å². The van der Waals surface area contributed by atoms with E-state index in [0.29, 0.717) is 17.9 Å². The molecule has 25 heavy (non-hydrogen) atoms. The fourth-order valence-electron chi connectivity index (χ4n) is 5.07. The van der Waals surface area contributed by atoms with Gasteiger partial charge in [-0.15, -0.1) is 0 Å². The fourth-order valence-corrected chi connectivity index (χ4v) is 5.07. The molecule has 0 aromatic heterocycles. The van der Waals surface area contributed by atoms with Gasteiger partial charge in [0, 0.05) is 56.8 Å². The zero-order valence-electron chi connectivity index (χ0n) is 13.8. The predicted octanol–water partition coefficient (Wildman–Crippen LogP) is 1.39. The van der Waals surface area contributed by atoms with Crippen molar-refractivity contribution in [2.75, 3.05) is 39.3 Å². The highest BCUT2D eigenvalue weighted by Gasteiger charge is 2.47. The molecule has 4 aliphatic rings. The maximum absolute atomic E-state index is 11.2.